The number of fused-ring (bicyclic) bond motifs is 5. The predicted molar refractivity (Wildman–Crippen MR) is 205 cm³/mol. The van der Waals surface area contributed by atoms with E-state index < -0.39 is 113 Å². The normalized spacial score (nSPS) is 34.1. The van der Waals surface area contributed by atoms with Crippen LogP contribution in [-0.2, 0) is 42.8 Å². The Balaban J connectivity index is 1.55. The number of esters is 4. The fraction of sp³-hybridized carbons (Fsp3) is 0.558. The zero-order valence-corrected chi connectivity index (χ0v) is 34.1. The summed E-state index contributed by atoms with van der Waals surface area (Å²) < 4.78 is 35.3. The van der Waals surface area contributed by atoms with Crippen LogP contribution in [0.5, 0.6) is 0 Å². The van der Waals surface area contributed by atoms with Crippen LogP contribution in [0.2, 0.25) is 0 Å². The zero-order chi connectivity index (χ0) is 43.2. The van der Waals surface area contributed by atoms with Crippen molar-refractivity contribution in [3.63, 3.8) is 0 Å². The van der Waals surface area contributed by atoms with E-state index in [-0.39, 0.29) is 36.3 Å². The van der Waals surface area contributed by atoms with Crippen molar-refractivity contribution in [2.45, 2.75) is 121 Å². The van der Waals surface area contributed by atoms with Crippen molar-refractivity contribution < 1.29 is 72.8 Å². The lowest BCUT2D eigenvalue weighted by atomic mass is 9.44. The Morgan fingerprint density at radius 3 is 2.10 bits per heavy atom. The van der Waals surface area contributed by atoms with Crippen molar-refractivity contribution in [1.29, 1.82) is 0 Å². The number of hydrogen-bond acceptors (Lipinski definition) is 15. The SMILES string of the molecule is CCOC(=O)N[C@@H](c1ccccc1)[C@@H](O)C(=O)O[C@H]1C[C@@]2(O)[C@@H](OC(=O)c3ccccc3)[C@H]3[C@@](C)([C@@H](O)CC4OC[C@]43OC(C)=O)[C@@H](O)[C@H](OC(C)=O)C(=C1C)C2(C)C. The fourth-order valence-corrected chi connectivity index (χ4v) is 9.91. The predicted octanol–water partition coefficient (Wildman–Crippen LogP) is 2.84. The van der Waals surface area contributed by atoms with Crippen LogP contribution >= 0.6 is 0 Å². The molecule has 2 aromatic carbocycles. The number of amides is 1. The average molecular weight is 824 g/mol. The molecule has 1 aliphatic heterocycles. The molecule has 3 aliphatic carbocycles. The van der Waals surface area contributed by atoms with Crippen molar-refractivity contribution in [1.82, 2.24) is 5.32 Å². The molecule has 5 N–H and O–H groups in total. The van der Waals surface area contributed by atoms with E-state index in [1.165, 1.54) is 26.0 Å². The molecule has 59 heavy (non-hydrogen) atoms. The first-order valence-electron chi connectivity index (χ1n) is 19.6. The summed E-state index contributed by atoms with van der Waals surface area (Å²) >= 11 is 0. The van der Waals surface area contributed by atoms with E-state index in [2.05, 4.69) is 5.32 Å². The Bertz CT molecular complexity index is 1970. The number of rotatable bonds is 10. The highest BCUT2D eigenvalue weighted by atomic mass is 16.6. The summed E-state index contributed by atoms with van der Waals surface area (Å²) in [7, 11) is 0. The second kappa shape index (κ2) is 16.3. The molecule has 2 saturated carbocycles. The van der Waals surface area contributed by atoms with Gasteiger partial charge in [0, 0.05) is 37.5 Å². The van der Waals surface area contributed by atoms with Crippen molar-refractivity contribution in [3.8, 4) is 0 Å². The summed E-state index contributed by atoms with van der Waals surface area (Å²) in [6, 6.07) is 14.7. The van der Waals surface area contributed by atoms with E-state index in [0.29, 0.717) is 5.56 Å². The topological polar surface area (TPSA) is 234 Å². The van der Waals surface area contributed by atoms with E-state index in [9.17, 15) is 44.4 Å². The quantitative estimate of drug-likeness (QED) is 0.132. The third kappa shape index (κ3) is 7.39. The summed E-state index contributed by atoms with van der Waals surface area (Å²) in [6.45, 7) is 9.84. The van der Waals surface area contributed by atoms with Crippen LogP contribution in [0.25, 0.3) is 0 Å². The highest BCUT2D eigenvalue weighted by molar-refractivity contribution is 5.89. The van der Waals surface area contributed by atoms with Crippen LogP contribution < -0.4 is 5.32 Å². The number of carbonyl (C=O) groups is 5. The first-order chi connectivity index (χ1) is 27.7. The largest absolute Gasteiger partial charge is 0.456 e. The summed E-state index contributed by atoms with van der Waals surface area (Å²) in [5.41, 5.74) is -6.78. The number of hydrogen-bond donors (Lipinski definition) is 5. The molecule has 0 spiro atoms. The van der Waals surface area contributed by atoms with Gasteiger partial charge in [-0.15, -0.1) is 0 Å². The zero-order valence-electron chi connectivity index (χ0n) is 34.1. The van der Waals surface area contributed by atoms with E-state index in [0.717, 1.165) is 6.92 Å². The molecule has 1 saturated heterocycles. The number of aliphatic hydroxyl groups excluding tert-OH is 3. The molecule has 0 radical (unpaired) electrons. The van der Waals surface area contributed by atoms with Gasteiger partial charge in [0.1, 0.15) is 30.0 Å². The average Bonchev–Trinajstić information content (AvgIpc) is 3.18. The van der Waals surface area contributed by atoms with Gasteiger partial charge in [0.15, 0.2) is 17.8 Å². The van der Waals surface area contributed by atoms with Crippen LogP contribution in [-0.4, -0.2) is 118 Å². The lowest BCUT2D eigenvalue weighted by Gasteiger charge is -2.69. The minimum Gasteiger partial charge on any atom is -0.456 e. The minimum absolute atomic E-state index is 0.00510. The van der Waals surface area contributed by atoms with Crippen LogP contribution in [0.1, 0.15) is 83.3 Å². The van der Waals surface area contributed by atoms with Gasteiger partial charge in [0.05, 0.1) is 36.8 Å². The molecule has 1 amide bonds. The molecule has 16 heteroatoms. The summed E-state index contributed by atoms with van der Waals surface area (Å²) in [4.78, 5) is 66.9. The Hall–Kier alpha value is -4.87. The van der Waals surface area contributed by atoms with E-state index in [1.54, 1.807) is 76.2 Å². The number of carbonyl (C=O) groups excluding carboxylic acids is 5. The maximum absolute atomic E-state index is 14.2. The highest BCUT2D eigenvalue weighted by Gasteiger charge is 2.78. The maximum Gasteiger partial charge on any atom is 0.407 e. The van der Waals surface area contributed by atoms with E-state index >= 15 is 0 Å². The van der Waals surface area contributed by atoms with Gasteiger partial charge in [-0.3, -0.25) is 9.59 Å². The molecule has 6 rings (SSSR count). The van der Waals surface area contributed by atoms with Gasteiger partial charge >= 0.3 is 30.0 Å². The van der Waals surface area contributed by atoms with Crippen molar-refractivity contribution in [2.24, 2.45) is 16.7 Å². The lowest BCUT2D eigenvalue weighted by molar-refractivity contribution is -0.365. The van der Waals surface area contributed by atoms with Crippen LogP contribution in [0, 0.1) is 16.7 Å². The molecule has 3 fully saturated rings. The molecule has 0 aromatic heterocycles. The molecular weight excluding hydrogens is 770 g/mol. The number of nitrogens with one attached hydrogen (secondary N) is 1. The second-order valence-corrected chi connectivity index (χ2v) is 16.6. The summed E-state index contributed by atoms with van der Waals surface area (Å²) in [5, 5.41) is 52.5. The highest BCUT2D eigenvalue weighted by Crippen LogP contribution is 2.65. The molecule has 2 bridgehead atoms. The number of ether oxygens (including phenoxy) is 6. The Morgan fingerprint density at radius 1 is 0.915 bits per heavy atom. The maximum atomic E-state index is 14.2. The van der Waals surface area contributed by atoms with Crippen molar-refractivity contribution in [3.05, 3.63) is 82.9 Å². The fourth-order valence-electron chi connectivity index (χ4n) is 9.91. The molecule has 4 aliphatic rings. The molecule has 1 unspecified atom stereocenters. The number of aliphatic hydroxyl groups is 4. The van der Waals surface area contributed by atoms with Crippen LogP contribution in [0.4, 0.5) is 4.79 Å². The lowest BCUT2D eigenvalue weighted by Crippen LogP contribution is -2.82. The molecule has 1 heterocycles. The van der Waals surface area contributed by atoms with E-state index in [4.69, 9.17) is 28.4 Å². The number of benzene rings is 2. The van der Waals surface area contributed by atoms with Gasteiger partial charge in [0.25, 0.3) is 0 Å². The van der Waals surface area contributed by atoms with E-state index in [1.807, 2.05) is 0 Å². The molecule has 16 nitrogen and oxygen atoms in total. The van der Waals surface area contributed by atoms with Crippen molar-refractivity contribution in [2.75, 3.05) is 13.2 Å². The smallest absolute Gasteiger partial charge is 0.407 e. The van der Waals surface area contributed by atoms with Gasteiger partial charge in [-0.2, -0.15) is 0 Å². The standard InChI is InChI=1S/C43H53NO15/c1-8-54-39(52)44-31(25-15-11-9-12-16-25)32(48)38(51)57-27-20-43(53)36(58-37(50)26-17-13-10-14-18-26)34-41(7,28(47)19-29-42(34,21-55-29)59-24(4)46)35(49)33(56-23(3)45)30(22(27)2)40(43,5)6/h9-18,27-29,31-36,47-49,53H,8,19-21H2,1-7H3,(H,44,52)/t27-,28-,29?,31-,32+,33+,34-,35-,36-,41+,42-,43+/m0/s1. The first kappa shape index (κ1) is 43.7. The number of alkyl carbamates (subject to hydrolysis) is 1. The van der Waals surface area contributed by atoms with Gasteiger partial charge in [0.2, 0.25) is 0 Å². The van der Waals surface area contributed by atoms with Gasteiger partial charge < -0.3 is 54.2 Å². The minimum atomic E-state index is -2.35. The monoisotopic (exact) mass is 823 g/mol. The third-order valence-corrected chi connectivity index (χ3v) is 12.9. The van der Waals surface area contributed by atoms with Gasteiger partial charge in [-0.1, -0.05) is 69.3 Å². The van der Waals surface area contributed by atoms with Gasteiger partial charge in [-0.05, 0) is 42.7 Å². The molecule has 2 aromatic rings. The molecule has 320 valence electrons. The third-order valence-electron chi connectivity index (χ3n) is 12.9. The Kier molecular flexibility index (Phi) is 12.1. The summed E-state index contributed by atoms with van der Waals surface area (Å²) in [5.74, 6) is -5.19. The molecule has 12 atom stereocenters. The Labute approximate surface area is 341 Å². The van der Waals surface area contributed by atoms with Crippen molar-refractivity contribution >= 4 is 30.0 Å². The van der Waals surface area contributed by atoms with Crippen LogP contribution in [0.15, 0.2) is 71.8 Å². The molecular formula is C43H53NO15. The summed E-state index contributed by atoms with van der Waals surface area (Å²) in [6.07, 6.45) is -12.7. The van der Waals surface area contributed by atoms with Crippen LogP contribution in [0.3, 0.4) is 0 Å². The second-order valence-electron chi connectivity index (χ2n) is 16.6. The first-order valence-corrected chi connectivity index (χ1v) is 19.6. The Morgan fingerprint density at radius 2 is 1.54 bits per heavy atom. The van der Waals surface area contributed by atoms with Gasteiger partial charge in [-0.25, -0.2) is 14.4 Å².